The van der Waals surface area contributed by atoms with E-state index in [4.69, 9.17) is 15.2 Å². The van der Waals surface area contributed by atoms with E-state index in [1.807, 2.05) is 32.9 Å². The van der Waals surface area contributed by atoms with Crippen molar-refractivity contribution in [2.45, 2.75) is 54.8 Å². The highest BCUT2D eigenvalue weighted by atomic mass is 35.5. The molecule has 0 saturated carbocycles. The maximum absolute atomic E-state index is 14.9. The molecule has 8 amide bonds. The third-order valence-corrected chi connectivity index (χ3v) is 13.9. The molecule has 0 radical (unpaired) electrons. The number of halogens is 4. The number of aromatic nitrogens is 3. The van der Waals surface area contributed by atoms with Crippen LogP contribution in [-0.4, -0.2) is 180 Å². The molecule has 9 rings (SSSR count). The fourth-order valence-electron chi connectivity index (χ4n) is 9.09. The van der Waals surface area contributed by atoms with Gasteiger partial charge in [-0.25, -0.2) is 37.1 Å². The normalized spacial score (nSPS) is 13.9. The summed E-state index contributed by atoms with van der Waals surface area (Å²) in [6.07, 6.45) is 3.70. The van der Waals surface area contributed by atoms with Crippen molar-refractivity contribution in [3.8, 4) is 0 Å². The van der Waals surface area contributed by atoms with E-state index in [-0.39, 0.29) is 66.9 Å². The minimum Gasteiger partial charge on any atom is -0.453 e. The summed E-state index contributed by atoms with van der Waals surface area (Å²) in [4.78, 5) is 92.7. The molecule has 6 heterocycles. The predicted octanol–water partition coefficient (Wildman–Crippen LogP) is 9.81. The molecule has 24 nitrogen and oxygen atoms in total. The minimum atomic E-state index is -0.543. The number of urea groups is 2. The van der Waals surface area contributed by atoms with E-state index >= 15 is 0 Å². The van der Waals surface area contributed by atoms with Crippen LogP contribution in [-0.2, 0) is 38.6 Å². The molecule has 0 spiro atoms. The standard InChI is InChI=1S/2C20H24FN5O3.C13H18FN3O2.C8H10N2O.CH4.ClH/c2*1-14-6-7-16(12-22-14)23-19(27)24-17-5-3-4-15(18(17)21)13-25-8-10-26(11-9-25)20(28)29-2;1-19-13(18)17-7-5-16(6-8-17)9-10-3-2-4-11(15)12(10)14;1-6-3-4-8(5-9-6)10-7(2)11;;/h2*3-7,12H,8-11,13H2,1-2H3,(H2,23,24,27);2-4H,5-9,15H2,1H3;3-5H,1-2H3,(H,10,11);1H4;1H. The van der Waals surface area contributed by atoms with Crippen LogP contribution in [0.1, 0.15) is 48.1 Å². The van der Waals surface area contributed by atoms with Crippen molar-refractivity contribution in [1.29, 1.82) is 0 Å². The highest BCUT2D eigenvalue weighted by molar-refractivity contribution is 6.00. The summed E-state index contributed by atoms with van der Waals surface area (Å²) in [6, 6.07) is 24.4. The van der Waals surface area contributed by atoms with Gasteiger partial charge in [0.1, 0.15) is 0 Å². The Hall–Kier alpha value is -9.31. The van der Waals surface area contributed by atoms with Gasteiger partial charge < -0.3 is 61.2 Å². The monoisotopic (exact) mass is 1270 g/mol. The van der Waals surface area contributed by atoms with Crippen LogP contribution in [0.15, 0.2) is 110 Å². The SMILES string of the molecule is C.CC(=O)Nc1ccc(C)nc1.COC(=O)N1CCN(Cc2cccc(N)c2F)CC1.COC(=O)N1CCN(Cc2cccc(NC(=O)Nc3ccc(C)nc3)c2F)CC1.COC(=O)N1CCN(Cc2cccc(NC(=O)Nc3ccc(C)nc3)c2F)CC1.Cl. The Balaban J connectivity index is 0.000000267. The number of ether oxygens (including phenoxy) is 3. The summed E-state index contributed by atoms with van der Waals surface area (Å²) in [5, 5.41) is 13.0. The predicted molar refractivity (Wildman–Crippen MR) is 342 cm³/mol. The number of pyridine rings is 3. The van der Waals surface area contributed by atoms with Gasteiger partial charge >= 0.3 is 30.3 Å². The molecule has 90 heavy (non-hydrogen) atoms. The van der Waals surface area contributed by atoms with E-state index in [1.165, 1.54) is 52.8 Å². The third-order valence-electron chi connectivity index (χ3n) is 13.9. The summed E-state index contributed by atoms with van der Waals surface area (Å²) in [5.74, 6) is -1.37. The molecule has 3 aromatic carbocycles. The number of nitrogen functional groups attached to an aromatic ring is 1. The van der Waals surface area contributed by atoms with Crippen LogP contribution in [0.3, 0.4) is 0 Å². The molecule has 0 atom stereocenters. The van der Waals surface area contributed by atoms with E-state index in [2.05, 4.69) is 61.0 Å². The van der Waals surface area contributed by atoms with Gasteiger partial charge in [0.05, 0.1) is 74.0 Å². The van der Waals surface area contributed by atoms with Crippen molar-refractivity contribution in [3.05, 3.63) is 161 Å². The molecule has 3 fully saturated rings. The first-order valence-corrected chi connectivity index (χ1v) is 28.2. The maximum atomic E-state index is 14.9. The number of methoxy groups -OCH3 is 3. The quantitative estimate of drug-likeness (QED) is 0.0520. The molecular weight excluding hydrogens is 1190 g/mol. The smallest absolute Gasteiger partial charge is 0.409 e. The number of carbonyl (C=O) groups is 6. The summed E-state index contributed by atoms with van der Waals surface area (Å²) in [7, 11) is 4.08. The zero-order valence-corrected chi connectivity index (χ0v) is 51.6. The lowest BCUT2D eigenvalue weighted by Gasteiger charge is -2.33. The van der Waals surface area contributed by atoms with Gasteiger partial charge in [0.15, 0.2) is 17.5 Å². The van der Waals surface area contributed by atoms with Crippen molar-refractivity contribution >= 4 is 82.8 Å². The third kappa shape index (κ3) is 23.3. The summed E-state index contributed by atoms with van der Waals surface area (Å²) < 4.78 is 57.6. The Labute approximate surface area is 529 Å². The number of nitrogens with zero attached hydrogens (tertiary/aromatic N) is 9. The molecular formula is C62H81ClF3N15O9. The zero-order valence-electron chi connectivity index (χ0n) is 50.8. The highest BCUT2D eigenvalue weighted by Gasteiger charge is 2.26. The first-order chi connectivity index (χ1) is 42.2. The highest BCUT2D eigenvalue weighted by Crippen LogP contribution is 2.24. The molecule has 0 unspecified atom stereocenters. The van der Waals surface area contributed by atoms with Crippen molar-refractivity contribution < 1.29 is 56.1 Å². The fourth-order valence-corrected chi connectivity index (χ4v) is 9.09. The van der Waals surface area contributed by atoms with E-state index < -0.39 is 23.7 Å². The van der Waals surface area contributed by atoms with Crippen LogP contribution in [0.5, 0.6) is 0 Å². The van der Waals surface area contributed by atoms with Gasteiger partial charge in [-0.3, -0.25) is 34.4 Å². The Bertz CT molecular complexity index is 3140. The number of nitrogens with one attached hydrogen (secondary N) is 5. The Morgan fingerprint density at radius 1 is 0.444 bits per heavy atom. The molecule has 3 aliphatic heterocycles. The molecule has 0 aliphatic carbocycles. The van der Waals surface area contributed by atoms with E-state index in [0.717, 1.165) is 22.8 Å². The van der Waals surface area contributed by atoms with Crippen molar-refractivity contribution in [2.75, 3.05) is 132 Å². The molecule has 0 bridgehead atoms. The average molecular weight is 1270 g/mol. The Morgan fingerprint density at radius 2 is 0.744 bits per heavy atom. The number of piperazine rings is 3. The summed E-state index contributed by atoms with van der Waals surface area (Å²) >= 11 is 0. The molecule has 3 aromatic heterocycles. The van der Waals surface area contributed by atoms with Crippen LogP contribution >= 0.6 is 12.4 Å². The van der Waals surface area contributed by atoms with Crippen molar-refractivity contribution in [3.63, 3.8) is 0 Å². The number of carbonyl (C=O) groups excluding carboxylic acids is 6. The number of nitrogens with two attached hydrogens (primary N) is 1. The summed E-state index contributed by atoms with van der Waals surface area (Å²) in [6.45, 7) is 15.5. The Morgan fingerprint density at radius 3 is 1.03 bits per heavy atom. The number of aryl methyl sites for hydroxylation is 3. The lowest BCUT2D eigenvalue weighted by molar-refractivity contribution is -0.114. The van der Waals surface area contributed by atoms with Crippen LogP contribution in [0.4, 0.5) is 71.3 Å². The summed E-state index contributed by atoms with van der Waals surface area (Å²) in [5.41, 5.74) is 11.9. The van der Waals surface area contributed by atoms with Crippen molar-refractivity contribution in [2.24, 2.45) is 0 Å². The van der Waals surface area contributed by atoms with Crippen LogP contribution in [0.25, 0.3) is 0 Å². The maximum Gasteiger partial charge on any atom is 0.409 e. The second-order valence-electron chi connectivity index (χ2n) is 20.5. The molecule has 6 aromatic rings. The van der Waals surface area contributed by atoms with Gasteiger partial charge in [0.25, 0.3) is 0 Å². The van der Waals surface area contributed by atoms with Gasteiger partial charge in [0.2, 0.25) is 5.91 Å². The second-order valence-corrected chi connectivity index (χ2v) is 20.5. The number of hydrogen-bond donors (Lipinski definition) is 6. The van der Waals surface area contributed by atoms with Crippen LogP contribution < -0.4 is 32.3 Å². The van der Waals surface area contributed by atoms with Crippen LogP contribution in [0, 0.1) is 38.2 Å². The number of benzene rings is 3. The largest absolute Gasteiger partial charge is 0.453 e. The van der Waals surface area contributed by atoms with Gasteiger partial charge in [-0.2, -0.15) is 0 Å². The van der Waals surface area contributed by atoms with E-state index in [1.54, 1.807) is 87.6 Å². The molecule has 3 saturated heterocycles. The molecule has 3 aliphatic rings. The first-order valence-electron chi connectivity index (χ1n) is 28.2. The number of hydrogen-bond acceptors (Lipinski definition) is 16. The molecule has 486 valence electrons. The number of anilines is 6. The molecule has 28 heteroatoms. The number of rotatable bonds is 11. The van der Waals surface area contributed by atoms with Gasteiger partial charge in [-0.15, -0.1) is 12.4 Å². The van der Waals surface area contributed by atoms with Gasteiger partial charge in [-0.1, -0.05) is 43.8 Å². The van der Waals surface area contributed by atoms with Gasteiger partial charge in [0, 0.05) is 139 Å². The molecule has 7 N–H and O–H groups in total. The lowest BCUT2D eigenvalue weighted by Crippen LogP contribution is -2.48. The fraction of sp³-hybridized carbons (Fsp3) is 0.371. The second kappa shape index (κ2) is 36.9. The Kier molecular flexibility index (Phi) is 30.0. The first kappa shape index (κ1) is 73.2. The lowest BCUT2D eigenvalue weighted by atomic mass is 10.1. The van der Waals surface area contributed by atoms with E-state index in [9.17, 15) is 41.9 Å². The minimum absolute atomic E-state index is 0. The number of amides is 8. The van der Waals surface area contributed by atoms with Crippen LogP contribution in [0.2, 0.25) is 0 Å². The zero-order chi connectivity index (χ0) is 63.7. The topological polar surface area (TPSA) is 274 Å². The average Bonchev–Trinajstić information content (AvgIpc) is 3.48. The van der Waals surface area contributed by atoms with E-state index in [0.29, 0.717) is 126 Å². The van der Waals surface area contributed by atoms with Gasteiger partial charge in [-0.05, 0) is 75.4 Å². The van der Waals surface area contributed by atoms with Crippen molar-refractivity contribution in [1.82, 2.24) is 44.4 Å².